The van der Waals surface area contributed by atoms with Crippen molar-refractivity contribution in [3.63, 3.8) is 0 Å². The second-order valence-corrected chi connectivity index (χ2v) is 5.70. The number of halogens is 1. The highest BCUT2D eigenvalue weighted by atomic mass is 127. The number of hydrogen-bond donors (Lipinski definition) is 2. The summed E-state index contributed by atoms with van der Waals surface area (Å²) in [7, 11) is 0. The second-order valence-electron chi connectivity index (χ2n) is 5.70. The standard InChI is InChI=1S/C17H24N4O.HI/c18-17(19-9-12-21-10-4-1-5-11-21)20-15-8-13-22-16-7-3-2-6-14(15)16;/h1-4,6-7,15H,5,8-13H2,(H3,18,19,20);1H. The zero-order chi connectivity index (χ0) is 15.2. The molecule has 0 saturated heterocycles. The van der Waals surface area contributed by atoms with Crippen LogP contribution in [0.2, 0.25) is 0 Å². The number of fused-ring (bicyclic) bond motifs is 1. The highest BCUT2D eigenvalue weighted by molar-refractivity contribution is 14.0. The van der Waals surface area contributed by atoms with Crippen LogP contribution in [0.5, 0.6) is 5.75 Å². The summed E-state index contributed by atoms with van der Waals surface area (Å²) in [6, 6.07) is 8.29. The quantitative estimate of drug-likeness (QED) is 0.335. The van der Waals surface area contributed by atoms with E-state index >= 15 is 0 Å². The lowest BCUT2D eigenvalue weighted by Gasteiger charge is -2.27. The van der Waals surface area contributed by atoms with Gasteiger partial charge in [-0.05, 0) is 12.5 Å². The Morgan fingerprint density at radius 1 is 1.35 bits per heavy atom. The molecule has 1 atom stereocenters. The minimum Gasteiger partial charge on any atom is -0.493 e. The molecule has 0 radical (unpaired) electrons. The van der Waals surface area contributed by atoms with Gasteiger partial charge < -0.3 is 15.8 Å². The predicted octanol–water partition coefficient (Wildman–Crippen LogP) is 2.29. The number of hydrogen-bond acceptors (Lipinski definition) is 3. The van der Waals surface area contributed by atoms with Gasteiger partial charge in [0.05, 0.1) is 19.2 Å². The fraction of sp³-hybridized carbons (Fsp3) is 0.471. The molecule has 0 fully saturated rings. The molecule has 0 saturated carbocycles. The van der Waals surface area contributed by atoms with Crippen LogP contribution in [0, 0.1) is 0 Å². The Bertz CT molecular complexity index is 561. The van der Waals surface area contributed by atoms with Crippen LogP contribution in [0.4, 0.5) is 0 Å². The van der Waals surface area contributed by atoms with E-state index in [-0.39, 0.29) is 30.0 Å². The molecule has 5 nitrogen and oxygen atoms in total. The maximum Gasteiger partial charge on any atom is 0.189 e. The van der Waals surface area contributed by atoms with E-state index in [4.69, 9.17) is 10.5 Å². The van der Waals surface area contributed by atoms with Gasteiger partial charge in [0.25, 0.3) is 0 Å². The number of para-hydroxylation sites is 1. The molecular weight excluding hydrogens is 403 g/mol. The molecule has 3 rings (SSSR count). The molecule has 2 heterocycles. The summed E-state index contributed by atoms with van der Waals surface area (Å²) >= 11 is 0. The first kappa shape index (κ1) is 18.1. The number of guanidine groups is 1. The molecular formula is C17H25IN4O. The van der Waals surface area contributed by atoms with E-state index in [0.717, 1.165) is 50.3 Å². The average molecular weight is 428 g/mol. The number of nitrogens with zero attached hydrogens (tertiary/aromatic N) is 2. The first-order chi connectivity index (χ1) is 10.8. The monoisotopic (exact) mass is 428 g/mol. The van der Waals surface area contributed by atoms with Crippen molar-refractivity contribution in [3.8, 4) is 5.75 Å². The van der Waals surface area contributed by atoms with Gasteiger partial charge >= 0.3 is 0 Å². The van der Waals surface area contributed by atoms with Crippen LogP contribution in [-0.4, -0.2) is 43.6 Å². The second kappa shape index (κ2) is 9.12. The fourth-order valence-corrected chi connectivity index (χ4v) is 2.92. The van der Waals surface area contributed by atoms with Crippen LogP contribution in [-0.2, 0) is 0 Å². The van der Waals surface area contributed by atoms with Gasteiger partial charge in [-0.25, -0.2) is 0 Å². The third-order valence-corrected chi connectivity index (χ3v) is 4.12. The van der Waals surface area contributed by atoms with Crippen LogP contribution < -0.4 is 15.8 Å². The van der Waals surface area contributed by atoms with Gasteiger partial charge in [-0.1, -0.05) is 30.4 Å². The topological polar surface area (TPSA) is 62.9 Å². The highest BCUT2D eigenvalue weighted by Crippen LogP contribution is 2.31. The molecule has 2 aliphatic heterocycles. The van der Waals surface area contributed by atoms with Gasteiger partial charge in [-0.3, -0.25) is 9.89 Å². The summed E-state index contributed by atoms with van der Waals surface area (Å²) in [5.41, 5.74) is 7.20. The van der Waals surface area contributed by atoms with Crippen LogP contribution in [0.25, 0.3) is 0 Å². The van der Waals surface area contributed by atoms with E-state index in [1.165, 1.54) is 0 Å². The third-order valence-electron chi connectivity index (χ3n) is 4.12. The Hall–Kier alpha value is -1.28. The number of ether oxygens (including phenoxy) is 1. The molecule has 23 heavy (non-hydrogen) atoms. The van der Waals surface area contributed by atoms with Gasteiger partial charge in [-0.2, -0.15) is 0 Å². The van der Waals surface area contributed by atoms with Crippen LogP contribution in [0.3, 0.4) is 0 Å². The van der Waals surface area contributed by atoms with Crippen molar-refractivity contribution in [2.75, 3.05) is 32.8 Å². The minimum atomic E-state index is 0. The van der Waals surface area contributed by atoms with Gasteiger partial charge in [-0.15, -0.1) is 24.0 Å². The van der Waals surface area contributed by atoms with Crippen molar-refractivity contribution in [1.82, 2.24) is 10.2 Å². The first-order valence-corrected chi connectivity index (χ1v) is 7.98. The Morgan fingerprint density at radius 3 is 3.04 bits per heavy atom. The normalized spacial score (nSPS) is 21.0. The Kier molecular flexibility index (Phi) is 7.16. The van der Waals surface area contributed by atoms with E-state index in [9.17, 15) is 0 Å². The molecule has 0 bridgehead atoms. The van der Waals surface area contributed by atoms with Crippen LogP contribution in [0.1, 0.15) is 24.4 Å². The summed E-state index contributed by atoms with van der Waals surface area (Å²) in [5.74, 6) is 1.47. The molecule has 6 heteroatoms. The van der Waals surface area contributed by atoms with Crippen molar-refractivity contribution in [3.05, 3.63) is 42.0 Å². The van der Waals surface area contributed by atoms with Gasteiger partial charge in [0.1, 0.15) is 5.75 Å². The third kappa shape index (κ3) is 5.10. The van der Waals surface area contributed by atoms with Crippen molar-refractivity contribution in [1.29, 1.82) is 0 Å². The van der Waals surface area contributed by atoms with Gasteiger partial charge in [0, 0.05) is 31.6 Å². The predicted molar refractivity (Wildman–Crippen MR) is 105 cm³/mol. The summed E-state index contributed by atoms with van der Waals surface area (Å²) < 4.78 is 5.66. The van der Waals surface area contributed by atoms with Gasteiger partial charge in [0.15, 0.2) is 5.96 Å². The molecule has 0 spiro atoms. The minimum absolute atomic E-state index is 0. The summed E-state index contributed by atoms with van der Waals surface area (Å²) in [4.78, 5) is 6.85. The summed E-state index contributed by atoms with van der Waals surface area (Å²) in [5, 5.41) is 3.33. The highest BCUT2D eigenvalue weighted by Gasteiger charge is 2.21. The molecule has 0 aromatic heterocycles. The fourth-order valence-electron chi connectivity index (χ4n) is 2.92. The lowest BCUT2D eigenvalue weighted by molar-refractivity contribution is 0.262. The first-order valence-electron chi connectivity index (χ1n) is 7.98. The van der Waals surface area contributed by atoms with Crippen molar-refractivity contribution >= 4 is 29.9 Å². The molecule has 1 unspecified atom stereocenters. The number of benzene rings is 1. The van der Waals surface area contributed by atoms with E-state index in [1.54, 1.807) is 0 Å². The largest absolute Gasteiger partial charge is 0.493 e. The van der Waals surface area contributed by atoms with Crippen molar-refractivity contribution in [2.24, 2.45) is 10.7 Å². The molecule has 126 valence electrons. The number of aliphatic imine (C=N–C) groups is 1. The van der Waals surface area contributed by atoms with E-state index in [1.807, 2.05) is 18.2 Å². The lowest BCUT2D eigenvalue weighted by Crippen LogP contribution is -2.38. The molecule has 1 aromatic carbocycles. The van der Waals surface area contributed by atoms with E-state index in [0.29, 0.717) is 12.6 Å². The molecule has 2 aliphatic rings. The summed E-state index contributed by atoms with van der Waals surface area (Å²) in [6.45, 7) is 4.54. The molecule has 0 aliphatic carbocycles. The average Bonchev–Trinajstić information content (AvgIpc) is 2.56. The maximum atomic E-state index is 6.04. The SMILES string of the molecule is I.NC(=NCCN1CC=CCC1)NC1CCOc2ccccc21. The van der Waals surface area contributed by atoms with Crippen molar-refractivity contribution in [2.45, 2.75) is 18.9 Å². The van der Waals surface area contributed by atoms with Crippen molar-refractivity contribution < 1.29 is 4.74 Å². The number of nitrogens with one attached hydrogen (secondary N) is 1. The van der Waals surface area contributed by atoms with Crippen LogP contribution >= 0.6 is 24.0 Å². The lowest BCUT2D eigenvalue weighted by atomic mass is 10.0. The van der Waals surface area contributed by atoms with E-state index in [2.05, 4.69) is 33.4 Å². The van der Waals surface area contributed by atoms with Gasteiger partial charge in [0.2, 0.25) is 0 Å². The van der Waals surface area contributed by atoms with E-state index < -0.39 is 0 Å². The maximum absolute atomic E-state index is 6.04. The number of rotatable bonds is 4. The Balaban J connectivity index is 0.00000192. The molecule has 3 N–H and O–H groups in total. The summed E-state index contributed by atoms with van der Waals surface area (Å²) in [6.07, 6.45) is 6.49. The Morgan fingerprint density at radius 2 is 2.22 bits per heavy atom. The Labute approximate surface area is 155 Å². The smallest absolute Gasteiger partial charge is 0.189 e. The molecule has 1 aromatic rings. The zero-order valence-corrected chi connectivity index (χ0v) is 15.6. The zero-order valence-electron chi connectivity index (χ0n) is 13.3. The van der Waals surface area contributed by atoms with Crippen LogP contribution in [0.15, 0.2) is 41.4 Å². The number of nitrogens with two attached hydrogens (primary N) is 1. The molecule has 0 amide bonds.